The number of aliphatic hydroxyl groups excluding tert-OH is 1. The van der Waals surface area contributed by atoms with Gasteiger partial charge in [-0.1, -0.05) is 56.0 Å². The summed E-state index contributed by atoms with van der Waals surface area (Å²) in [6.45, 7) is 0. The monoisotopic (exact) mass is 204 g/mol. The van der Waals surface area contributed by atoms with Crippen molar-refractivity contribution >= 4 is 0 Å². The van der Waals surface area contributed by atoms with Gasteiger partial charge < -0.3 is 5.11 Å². The Bertz CT molecular complexity index is 273. The summed E-state index contributed by atoms with van der Waals surface area (Å²) in [6, 6.07) is 10.1. The Hall–Kier alpha value is -0.820. The maximum absolute atomic E-state index is 10.3. The summed E-state index contributed by atoms with van der Waals surface area (Å²) in [5.74, 6) is 0.481. The minimum absolute atomic E-state index is 0.246. The van der Waals surface area contributed by atoms with Crippen LogP contribution in [0.4, 0.5) is 0 Å². The molecule has 1 nitrogen and oxygen atoms in total. The lowest BCUT2D eigenvalue weighted by molar-refractivity contribution is 0.0988. The molecule has 1 aliphatic rings. The third-order valence-electron chi connectivity index (χ3n) is 3.49. The van der Waals surface area contributed by atoms with Crippen molar-refractivity contribution in [3.63, 3.8) is 0 Å². The van der Waals surface area contributed by atoms with Gasteiger partial charge in [0.15, 0.2) is 0 Å². The lowest BCUT2D eigenvalue weighted by Crippen LogP contribution is -2.11. The van der Waals surface area contributed by atoms with Crippen LogP contribution in [0.15, 0.2) is 30.3 Å². The van der Waals surface area contributed by atoms with Crippen molar-refractivity contribution in [3.8, 4) is 0 Å². The number of hydrogen-bond donors (Lipinski definition) is 1. The van der Waals surface area contributed by atoms with Gasteiger partial charge in [-0.25, -0.2) is 0 Å². The van der Waals surface area contributed by atoms with Crippen LogP contribution >= 0.6 is 0 Å². The molecule has 15 heavy (non-hydrogen) atoms. The Morgan fingerprint density at radius 2 is 1.53 bits per heavy atom. The summed E-state index contributed by atoms with van der Waals surface area (Å²) in [7, 11) is 0. The van der Waals surface area contributed by atoms with E-state index < -0.39 is 0 Å². The van der Waals surface area contributed by atoms with Gasteiger partial charge in [0.25, 0.3) is 0 Å². The molecule has 0 aromatic heterocycles. The van der Waals surface area contributed by atoms with E-state index in [-0.39, 0.29) is 6.10 Å². The summed E-state index contributed by atoms with van der Waals surface area (Å²) in [4.78, 5) is 0. The topological polar surface area (TPSA) is 20.2 Å². The fourth-order valence-corrected chi connectivity index (χ4v) is 2.55. The fourth-order valence-electron chi connectivity index (χ4n) is 2.55. The molecule has 1 atom stereocenters. The zero-order chi connectivity index (χ0) is 10.5. The summed E-state index contributed by atoms with van der Waals surface area (Å²) >= 11 is 0. The number of benzene rings is 1. The van der Waals surface area contributed by atoms with Gasteiger partial charge in [-0.2, -0.15) is 0 Å². The van der Waals surface area contributed by atoms with Crippen molar-refractivity contribution in [2.75, 3.05) is 0 Å². The molecule has 1 aromatic carbocycles. The van der Waals surface area contributed by atoms with E-state index in [2.05, 4.69) is 0 Å². The predicted octanol–water partition coefficient (Wildman–Crippen LogP) is 3.69. The van der Waals surface area contributed by atoms with Gasteiger partial charge in [0.1, 0.15) is 0 Å². The molecule has 0 amide bonds. The zero-order valence-corrected chi connectivity index (χ0v) is 9.23. The van der Waals surface area contributed by atoms with Crippen molar-refractivity contribution in [3.05, 3.63) is 35.9 Å². The molecule has 0 heterocycles. The molecular weight excluding hydrogens is 184 g/mol. The molecule has 0 radical (unpaired) electrons. The first kappa shape index (κ1) is 10.7. The molecule has 0 bridgehead atoms. The van der Waals surface area contributed by atoms with Gasteiger partial charge in [-0.15, -0.1) is 0 Å². The third-order valence-corrected chi connectivity index (χ3v) is 3.49. The molecule has 1 heteroatoms. The molecular formula is C14H20O. The Labute approximate surface area is 92.1 Å². The Kier molecular flexibility index (Phi) is 3.79. The van der Waals surface area contributed by atoms with Gasteiger partial charge in [0.2, 0.25) is 0 Å². The second-order valence-corrected chi connectivity index (χ2v) is 4.61. The number of hydrogen-bond acceptors (Lipinski definition) is 1. The van der Waals surface area contributed by atoms with Crippen LogP contribution in [0.5, 0.6) is 0 Å². The van der Waals surface area contributed by atoms with Crippen LogP contribution in [0.25, 0.3) is 0 Å². The lowest BCUT2D eigenvalue weighted by Gasteiger charge is -2.21. The molecule has 82 valence electrons. The quantitative estimate of drug-likeness (QED) is 0.728. The van der Waals surface area contributed by atoms with Crippen LogP contribution in [0.1, 0.15) is 50.2 Å². The minimum atomic E-state index is -0.246. The molecule has 1 aromatic rings. The Morgan fingerprint density at radius 1 is 0.933 bits per heavy atom. The van der Waals surface area contributed by atoms with Crippen LogP contribution in [0.3, 0.4) is 0 Å². The molecule has 1 fully saturated rings. The highest BCUT2D eigenvalue weighted by atomic mass is 16.3. The van der Waals surface area contributed by atoms with Crippen LogP contribution in [0, 0.1) is 5.92 Å². The number of aliphatic hydroxyl groups is 1. The van der Waals surface area contributed by atoms with Crippen molar-refractivity contribution in [2.24, 2.45) is 5.92 Å². The highest BCUT2D eigenvalue weighted by molar-refractivity contribution is 5.17. The van der Waals surface area contributed by atoms with E-state index in [0.717, 1.165) is 5.56 Å². The normalized spacial score (nSPS) is 20.9. The molecule has 1 saturated carbocycles. The minimum Gasteiger partial charge on any atom is -0.388 e. The van der Waals surface area contributed by atoms with Crippen molar-refractivity contribution in [1.82, 2.24) is 0 Å². The van der Waals surface area contributed by atoms with Crippen molar-refractivity contribution < 1.29 is 5.11 Å². The molecule has 0 spiro atoms. The first-order chi connectivity index (χ1) is 7.38. The van der Waals surface area contributed by atoms with E-state index in [4.69, 9.17) is 0 Å². The van der Waals surface area contributed by atoms with Gasteiger partial charge in [-0.3, -0.25) is 0 Å². The van der Waals surface area contributed by atoms with E-state index in [1.807, 2.05) is 30.3 Å². The average Bonchev–Trinajstić information content (AvgIpc) is 2.58. The van der Waals surface area contributed by atoms with E-state index in [9.17, 15) is 5.11 Å². The van der Waals surface area contributed by atoms with Gasteiger partial charge in [0, 0.05) is 0 Å². The molecule has 1 N–H and O–H groups in total. The molecule has 1 aliphatic carbocycles. The second-order valence-electron chi connectivity index (χ2n) is 4.61. The highest BCUT2D eigenvalue weighted by Gasteiger charge is 2.21. The summed E-state index contributed by atoms with van der Waals surface area (Å²) < 4.78 is 0. The zero-order valence-electron chi connectivity index (χ0n) is 9.23. The van der Waals surface area contributed by atoms with Crippen LogP contribution in [0.2, 0.25) is 0 Å². The van der Waals surface area contributed by atoms with Crippen LogP contribution in [-0.4, -0.2) is 5.11 Å². The molecule has 0 aliphatic heterocycles. The van der Waals surface area contributed by atoms with E-state index in [0.29, 0.717) is 5.92 Å². The van der Waals surface area contributed by atoms with E-state index in [1.165, 1.54) is 38.5 Å². The first-order valence-electron chi connectivity index (χ1n) is 6.11. The highest BCUT2D eigenvalue weighted by Crippen LogP contribution is 2.33. The third kappa shape index (κ3) is 2.82. The summed E-state index contributed by atoms with van der Waals surface area (Å²) in [5.41, 5.74) is 1.09. The van der Waals surface area contributed by atoms with Crippen molar-refractivity contribution in [2.45, 2.75) is 44.6 Å². The maximum Gasteiger partial charge on any atom is 0.0818 e. The Balaban J connectivity index is 2.03. The van der Waals surface area contributed by atoms with E-state index >= 15 is 0 Å². The maximum atomic E-state index is 10.3. The largest absolute Gasteiger partial charge is 0.388 e. The van der Waals surface area contributed by atoms with Gasteiger partial charge in [-0.05, 0) is 24.3 Å². The van der Waals surface area contributed by atoms with Gasteiger partial charge >= 0.3 is 0 Å². The summed E-state index contributed by atoms with van der Waals surface area (Å²) in [6.07, 6.45) is 7.40. The first-order valence-corrected chi connectivity index (χ1v) is 6.11. The SMILES string of the molecule is O[C@H](c1ccccc1)C1CCCCCC1. The predicted molar refractivity (Wildman–Crippen MR) is 62.6 cm³/mol. The summed E-state index contributed by atoms with van der Waals surface area (Å²) in [5, 5.41) is 10.3. The fraction of sp³-hybridized carbons (Fsp3) is 0.571. The molecule has 2 rings (SSSR count). The second kappa shape index (κ2) is 5.32. The van der Waals surface area contributed by atoms with E-state index in [1.54, 1.807) is 0 Å². The smallest absolute Gasteiger partial charge is 0.0818 e. The van der Waals surface area contributed by atoms with Crippen molar-refractivity contribution in [1.29, 1.82) is 0 Å². The molecule has 0 saturated heterocycles. The van der Waals surface area contributed by atoms with Crippen LogP contribution in [-0.2, 0) is 0 Å². The Morgan fingerprint density at radius 3 is 2.13 bits per heavy atom. The van der Waals surface area contributed by atoms with Crippen LogP contribution < -0.4 is 0 Å². The number of rotatable bonds is 2. The van der Waals surface area contributed by atoms with Gasteiger partial charge in [0.05, 0.1) is 6.10 Å². The lowest BCUT2D eigenvalue weighted by atomic mass is 9.89. The average molecular weight is 204 g/mol. The molecule has 0 unspecified atom stereocenters. The standard InChI is InChI=1S/C14H20O/c15-14(13-10-6-3-7-11-13)12-8-4-1-2-5-9-12/h3,6-7,10-12,14-15H,1-2,4-5,8-9H2/t14-/m0/s1.